The van der Waals surface area contributed by atoms with E-state index < -0.39 is 0 Å². The van der Waals surface area contributed by atoms with E-state index in [-0.39, 0.29) is 6.04 Å². The summed E-state index contributed by atoms with van der Waals surface area (Å²) >= 11 is 1.75. The summed E-state index contributed by atoms with van der Waals surface area (Å²) in [6, 6.07) is 4.55. The molecule has 2 aromatic heterocycles. The van der Waals surface area contributed by atoms with Crippen LogP contribution < -0.4 is 10.1 Å². The number of nitrogens with zero attached hydrogens (tertiary/aromatic N) is 2. The Labute approximate surface area is 131 Å². The third-order valence-electron chi connectivity index (χ3n) is 3.63. The van der Waals surface area contributed by atoms with Gasteiger partial charge in [-0.25, -0.2) is 0 Å². The highest BCUT2D eigenvalue weighted by atomic mass is 32.1. The van der Waals surface area contributed by atoms with Crippen molar-refractivity contribution < 1.29 is 4.74 Å². The van der Waals surface area contributed by atoms with Crippen LogP contribution in [0.4, 0.5) is 0 Å². The number of likely N-dealkylation sites (N-methyl/N-ethyl adjacent to an activating group) is 1. The molecular formula is C16H25N3OS. The van der Waals surface area contributed by atoms with Crippen molar-refractivity contribution in [3.8, 4) is 5.75 Å². The molecule has 0 saturated carbocycles. The van der Waals surface area contributed by atoms with Crippen LogP contribution in [0.15, 0.2) is 17.5 Å². The van der Waals surface area contributed by atoms with Crippen LogP contribution in [0.3, 0.4) is 0 Å². The summed E-state index contributed by atoms with van der Waals surface area (Å²) in [5.41, 5.74) is 2.45. The number of aryl methyl sites for hydroxylation is 2. The predicted octanol–water partition coefficient (Wildman–Crippen LogP) is 3.43. The van der Waals surface area contributed by atoms with E-state index in [4.69, 9.17) is 4.74 Å². The average molecular weight is 307 g/mol. The topological polar surface area (TPSA) is 39.1 Å². The molecule has 21 heavy (non-hydrogen) atoms. The summed E-state index contributed by atoms with van der Waals surface area (Å²) in [6.07, 6.45) is 1.92. The Morgan fingerprint density at radius 2 is 2.19 bits per heavy atom. The number of thiophene rings is 1. The van der Waals surface area contributed by atoms with Crippen LogP contribution in [0.1, 0.15) is 43.1 Å². The minimum absolute atomic E-state index is 0.275. The fourth-order valence-electron chi connectivity index (χ4n) is 2.57. The molecule has 0 aliphatic carbocycles. The van der Waals surface area contributed by atoms with Gasteiger partial charge in [-0.1, -0.05) is 13.8 Å². The van der Waals surface area contributed by atoms with Crippen LogP contribution >= 0.6 is 11.3 Å². The van der Waals surface area contributed by atoms with Crippen molar-refractivity contribution in [2.75, 3.05) is 13.7 Å². The molecule has 0 spiro atoms. The lowest BCUT2D eigenvalue weighted by Gasteiger charge is -2.18. The van der Waals surface area contributed by atoms with E-state index >= 15 is 0 Å². The molecule has 1 N–H and O–H groups in total. The summed E-state index contributed by atoms with van der Waals surface area (Å²) in [5, 5.41) is 10.3. The van der Waals surface area contributed by atoms with E-state index in [1.807, 2.05) is 6.07 Å². The van der Waals surface area contributed by atoms with Crippen molar-refractivity contribution in [3.05, 3.63) is 33.8 Å². The Bertz CT molecular complexity index is 562. The zero-order valence-electron chi connectivity index (χ0n) is 13.3. The Morgan fingerprint density at radius 1 is 1.38 bits per heavy atom. The molecule has 5 heteroatoms. The van der Waals surface area contributed by atoms with Gasteiger partial charge in [0.05, 0.1) is 23.7 Å². The lowest BCUT2D eigenvalue weighted by Crippen LogP contribution is -2.23. The second kappa shape index (κ2) is 7.61. The smallest absolute Gasteiger partial charge is 0.134 e. The van der Waals surface area contributed by atoms with Crippen LogP contribution in [0.5, 0.6) is 5.75 Å². The van der Waals surface area contributed by atoms with Crippen molar-refractivity contribution >= 4 is 11.3 Å². The molecule has 1 atom stereocenters. The van der Waals surface area contributed by atoms with Crippen LogP contribution in [0.2, 0.25) is 0 Å². The second-order valence-electron chi connectivity index (χ2n) is 4.96. The van der Waals surface area contributed by atoms with Gasteiger partial charge in [-0.15, -0.1) is 11.3 Å². The molecule has 1 unspecified atom stereocenters. The van der Waals surface area contributed by atoms with E-state index in [9.17, 15) is 0 Å². The van der Waals surface area contributed by atoms with Gasteiger partial charge >= 0.3 is 0 Å². The predicted molar refractivity (Wildman–Crippen MR) is 88.3 cm³/mol. The van der Waals surface area contributed by atoms with Gasteiger partial charge in [0.1, 0.15) is 5.75 Å². The molecule has 0 aliphatic heterocycles. The monoisotopic (exact) mass is 307 g/mol. The highest BCUT2D eigenvalue weighted by Gasteiger charge is 2.19. The molecule has 2 heterocycles. The van der Waals surface area contributed by atoms with Gasteiger partial charge in [0.25, 0.3) is 0 Å². The summed E-state index contributed by atoms with van der Waals surface area (Å²) in [7, 11) is 1.74. The molecule has 2 rings (SSSR count). The normalized spacial score (nSPS) is 12.6. The van der Waals surface area contributed by atoms with Gasteiger partial charge in [-0.2, -0.15) is 5.10 Å². The molecule has 0 aromatic carbocycles. The van der Waals surface area contributed by atoms with Gasteiger partial charge in [0, 0.05) is 18.7 Å². The molecule has 4 nitrogen and oxygen atoms in total. The van der Waals surface area contributed by atoms with E-state index in [0.29, 0.717) is 0 Å². The first kappa shape index (κ1) is 16.0. The number of hydrogen-bond acceptors (Lipinski definition) is 4. The Kier molecular flexibility index (Phi) is 5.82. The van der Waals surface area contributed by atoms with Crippen LogP contribution in [-0.2, 0) is 19.4 Å². The Hall–Kier alpha value is -1.33. The van der Waals surface area contributed by atoms with Crippen LogP contribution in [0, 0.1) is 0 Å². The third kappa shape index (κ3) is 3.66. The van der Waals surface area contributed by atoms with E-state index in [1.54, 1.807) is 18.4 Å². The summed E-state index contributed by atoms with van der Waals surface area (Å²) in [6.45, 7) is 8.28. The number of aromatic nitrogens is 2. The highest BCUT2D eigenvalue weighted by molar-refractivity contribution is 7.10. The van der Waals surface area contributed by atoms with Crippen molar-refractivity contribution in [2.45, 2.75) is 46.2 Å². The molecule has 0 bridgehead atoms. The summed E-state index contributed by atoms with van der Waals surface area (Å²) in [4.78, 5) is 1.27. The van der Waals surface area contributed by atoms with E-state index in [1.165, 1.54) is 16.3 Å². The first-order chi connectivity index (χ1) is 10.2. The molecule has 116 valence electrons. The standard InChI is InChI=1S/C16H25N3OS/c1-5-12-10-13(19(7-3)18-12)11-14(17-6-2)16-15(20-4)8-9-21-16/h8-10,14,17H,5-7,11H2,1-4H3. The minimum Gasteiger partial charge on any atom is -0.496 e. The lowest BCUT2D eigenvalue weighted by molar-refractivity contribution is 0.402. The molecule has 0 amide bonds. The highest BCUT2D eigenvalue weighted by Crippen LogP contribution is 2.32. The SMILES string of the molecule is CCNC(Cc1cc(CC)nn1CC)c1sccc1OC. The quantitative estimate of drug-likeness (QED) is 0.812. The number of nitrogens with one attached hydrogen (secondary N) is 1. The number of rotatable bonds is 8. The molecule has 2 aromatic rings. The van der Waals surface area contributed by atoms with Gasteiger partial charge in [-0.3, -0.25) is 4.68 Å². The number of ether oxygens (including phenoxy) is 1. The molecule has 0 saturated heterocycles. The summed E-state index contributed by atoms with van der Waals surface area (Å²) in [5.74, 6) is 0.976. The third-order valence-corrected chi connectivity index (χ3v) is 4.64. The number of hydrogen-bond donors (Lipinski definition) is 1. The minimum atomic E-state index is 0.275. The summed E-state index contributed by atoms with van der Waals surface area (Å²) < 4.78 is 7.60. The molecular weight excluding hydrogens is 282 g/mol. The second-order valence-corrected chi connectivity index (χ2v) is 5.91. The van der Waals surface area contributed by atoms with Gasteiger partial charge in [0.15, 0.2) is 0 Å². The zero-order chi connectivity index (χ0) is 15.2. The first-order valence-electron chi connectivity index (χ1n) is 7.63. The molecule has 0 fully saturated rings. The Balaban J connectivity index is 2.26. The van der Waals surface area contributed by atoms with Gasteiger partial charge in [0.2, 0.25) is 0 Å². The lowest BCUT2D eigenvalue weighted by atomic mass is 10.1. The largest absolute Gasteiger partial charge is 0.496 e. The fourth-order valence-corrected chi connectivity index (χ4v) is 3.51. The van der Waals surface area contributed by atoms with Crippen molar-refractivity contribution in [2.24, 2.45) is 0 Å². The maximum Gasteiger partial charge on any atom is 0.134 e. The maximum atomic E-state index is 5.48. The first-order valence-corrected chi connectivity index (χ1v) is 8.51. The molecule has 0 radical (unpaired) electrons. The van der Waals surface area contributed by atoms with Gasteiger partial charge in [-0.05, 0) is 37.4 Å². The zero-order valence-corrected chi connectivity index (χ0v) is 14.2. The average Bonchev–Trinajstić information content (AvgIpc) is 3.12. The number of methoxy groups -OCH3 is 1. The van der Waals surface area contributed by atoms with Crippen LogP contribution in [0.25, 0.3) is 0 Å². The van der Waals surface area contributed by atoms with Gasteiger partial charge < -0.3 is 10.1 Å². The van der Waals surface area contributed by atoms with Crippen molar-refractivity contribution in [1.29, 1.82) is 0 Å². The van der Waals surface area contributed by atoms with E-state index in [0.717, 1.165) is 31.7 Å². The fraction of sp³-hybridized carbons (Fsp3) is 0.562. The maximum absolute atomic E-state index is 5.48. The van der Waals surface area contributed by atoms with Crippen molar-refractivity contribution in [1.82, 2.24) is 15.1 Å². The van der Waals surface area contributed by atoms with Crippen molar-refractivity contribution in [3.63, 3.8) is 0 Å². The van der Waals surface area contributed by atoms with Crippen LogP contribution in [-0.4, -0.2) is 23.4 Å². The van der Waals surface area contributed by atoms with E-state index in [2.05, 4.69) is 47.3 Å². The molecule has 0 aliphatic rings. The Morgan fingerprint density at radius 3 is 2.81 bits per heavy atom.